The van der Waals surface area contributed by atoms with Crippen molar-refractivity contribution in [3.63, 3.8) is 0 Å². The maximum atomic E-state index is 13.3. The van der Waals surface area contributed by atoms with Gasteiger partial charge >= 0.3 is 0 Å². The molecule has 2 aromatic heterocycles. The molecule has 164 valence electrons. The number of sulfonamides is 1. The summed E-state index contributed by atoms with van der Waals surface area (Å²) in [5, 5.41) is -0.480. The molecule has 0 saturated carbocycles. The van der Waals surface area contributed by atoms with Crippen molar-refractivity contribution < 1.29 is 8.42 Å². The predicted octanol–water partition coefficient (Wildman–Crippen LogP) is 5.01. The van der Waals surface area contributed by atoms with Crippen LogP contribution in [-0.2, 0) is 10.0 Å². The number of rotatable bonds is 6. The summed E-state index contributed by atoms with van der Waals surface area (Å²) in [6.07, 6.45) is 5.20. The van der Waals surface area contributed by atoms with Crippen LogP contribution in [-0.4, -0.2) is 23.0 Å². The molecule has 0 spiro atoms. The van der Waals surface area contributed by atoms with Crippen LogP contribution in [0.2, 0.25) is 0 Å². The van der Waals surface area contributed by atoms with Crippen molar-refractivity contribution in [2.75, 3.05) is 4.72 Å². The highest BCUT2D eigenvalue weighted by Crippen LogP contribution is 2.35. The number of nitrogens with zero attached hydrogens (tertiary/aromatic N) is 3. The van der Waals surface area contributed by atoms with Gasteiger partial charge in [-0.15, -0.1) is 0 Å². The molecule has 2 aromatic carbocycles. The highest BCUT2D eigenvalue weighted by atomic mass is 32.2. The van der Waals surface area contributed by atoms with Gasteiger partial charge in [0.15, 0.2) is 0 Å². The minimum atomic E-state index is -3.80. The summed E-state index contributed by atoms with van der Waals surface area (Å²) < 4.78 is 31.3. The van der Waals surface area contributed by atoms with Crippen molar-refractivity contribution in [3.8, 4) is 5.82 Å². The summed E-state index contributed by atoms with van der Waals surface area (Å²) >= 11 is 4.81. The number of hydrogen-bond donors (Lipinski definition) is 2. The number of thiol groups is 1. The van der Waals surface area contributed by atoms with E-state index in [1.165, 1.54) is 0 Å². The highest BCUT2D eigenvalue weighted by molar-refractivity contribution is 7.92. The average Bonchev–Trinajstić information content (AvgIpc) is 3.23. The molecule has 4 rings (SSSR count). The van der Waals surface area contributed by atoms with Crippen LogP contribution in [0.1, 0.15) is 33.3 Å². The van der Waals surface area contributed by atoms with E-state index in [4.69, 9.17) is 12.6 Å². The van der Waals surface area contributed by atoms with E-state index in [0.29, 0.717) is 38.9 Å². The van der Waals surface area contributed by atoms with Crippen LogP contribution >= 0.6 is 12.6 Å². The molecule has 1 atom stereocenters. The highest BCUT2D eigenvalue weighted by Gasteiger charge is 2.24. The first kappa shape index (κ1) is 22.1. The van der Waals surface area contributed by atoms with Gasteiger partial charge in [-0.3, -0.25) is 9.29 Å². The fraction of sp³-hybridized carbons (Fsp3) is 0.167. The lowest BCUT2D eigenvalue weighted by Gasteiger charge is -2.19. The molecule has 0 aliphatic rings. The zero-order valence-electron chi connectivity index (χ0n) is 18.0. The van der Waals surface area contributed by atoms with Crippen LogP contribution in [0.3, 0.4) is 0 Å². The van der Waals surface area contributed by atoms with Crippen LogP contribution in [0.15, 0.2) is 78.1 Å². The van der Waals surface area contributed by atoms with Gasteiger partial charge in [0.1, 0.15) is 11.6 Å². The molecule has 6 nitrogen and oxygen atoms in total. The molecule has 8 heteroatoms. The second-order valence-electron chi connectivity index (χ2n) is 7.67. The zero-order valence-corrected chi connectivity index (χ0v) is 19.7. The SMILES string of the molecule is Cc1cc(C)c(S(=O)(=O)Nc2ccccc2C(S)c2nccn2-c2ccccn2)c(C)c1. The fourth-order valence-electron chi connectivity index (χ4n) is 3.96. The maximum absolute atomic E-state index is 13.3. The monoisotopic (exact) mass is 464 g/mol. The van der Waals surface area contributed by atoms with E-state index in [0.717, 1.165) is 5.56 Å². The molecule has 0 bridgehead atoms. The third-order valence-electron chi connectivity index (χ3n) is 5.18. The van der Waals surface area contributed by atoms with Gasteiger partial charge in [-0.25, -0.2) is 18.4 Å². The molecule has 4 aromatic rings. The van der Waals surface area contributed by atoms with Crippen LogP contribution in [0.5, 0.6) is 0 Å². The Kier molecular flexibility index (Phi) is 6.08. The van der Waals surface area contributed by atoms with E-state index in [9.17, 15) is 8.42 Å². The van der Waals surface area contributed by atoms with Crippen molar-refractivity contribution >= 4 is 28.3 Å². The molecule has 0 fully saturated rings. The number of aryl methyl sites for hydroxylation is 3. The Bertz CT molecular complexity index is 1340. The largest absolute Gasteiger partial charge is 0.287 e. The van der Waals surface area contributed by atoms with E-state index in [1.807, 2.05) is 74.0 Å². The molecule has 0 radical (unpaired) electrons. The third-order valence-corrected chi connectivity index (χ3v) is 7.36. The topological polar surface area (TPSA) is 76.9 Å². The Labute approximate surface area is 193 Å². The van der Waals surface area contributed by atoms with Gasteiger partial charge in [-0.05, 0) is 55.7 Å². The number of para-hydroxylation sites is 1. The molecular formula is C24H24N4O2S2. The molecule has 1 unspecified atom stereocenters. The van der Waals surface area contributed by atoms with E-state index in [-0.39, 0.29) is 0 Å². The first-order chi connectivity index (χ1) is 15.3. The van der Waals surface area contributed by atoms with Crippen molar-refractivity contribution in [1.29, 1.82) is 0 Å². The number of hydrogen-bond acceptors (Lipinski definition) is 5. The second-order valence-corrected chi connectivity index (χ2v) is 9.80. The number of aromatic nitrogens is 3. The minimum Gasteiger partial charge on any atom is -0.287 e. The number of imidazole rings is 1. The molecule has 1 N–H and O–H groups in total. The minimum absolute atomic E-state index is 0.295. The summed E-state index contributed by atoms with van der Waals surface area (Å²) in [4.78, 5) is 9.15. The van der Waals surface area contributed by atoms with Crippen LogP contribution < -0.4 is 4.72 Å². The second kappa shape index (κ2) is 8.80. The summed E-state index contributed by atoms with van der Waals surface area (Å²) in [6.45, 7) is 5.57. The van der Waals surface area contributed by atoms with Crippen molar-refractivity contribution in [1.82, 2.24) is 14.5 Å². The molecule has 0 aliphatic carbocycles. The van der Waals surface area contributed by atoms with Crippen LogP contribution in [0.25, 0.3) is 5.82 Å². The van der Waals surface area contributed by atoms with E-state index >= 15 is 0 Å². The Hall–Kier alpha value is -3.10. The van der Waals surface area contributed by atoms with Gasteiger partial charge in [0.05, 0.1) is 15.8 Å². The van der Waals surface area contributed by atoms with Gasteiger partial charge in [0.2, 0.25) is 0 Å². The lowest BCUT2D eigenvalue weighted by Crippen LogP contribution is -2.18. The Morgan fingerprint density at radius 3 is 2.31 bits per heavy atom. The van der Waals surface area contributed by atoms with Gasteiger partial charge in [-0.1, -0.05) is 42.0 Å². The number of benzene rings is 2. The molecular weight excluding hydrogens is 440 g/mol. The molecule has 2 heterocycles. The van der Waals surface area contributed by atoms with Gasteiger partial charge in [-0.2, -0.15) is 12.6 Å². The number of pyridine rings is 1. The average molecular weight is 465 g/mol. The first-order valence-electron chi connectivity index (χ1n) is 10.1. The van der Waals surface area contributed by atoms with Gasteiger partial charge < -0.3 is 0 Å². The Morgan fingerprint density at radius 1 is 0.938 bits per heavy atom. The van der Waals surface area contributed by atoms with Crippen molar-refractivity contribution in [2.24, 2.45) is 0 Å². The lowest BCUT2D eigenvalue weighted by molar-refractivity contribution is 0.600. The number of anilines is 1. The van der Waals surface area contributed by atoms with Crippen LogP contribution in [0.4, 0.5) is 5.69 Å². The Balaban J connectivity index is 1.73. The van der Waals surface area contributed by atoms with Crippen LogP contribution in [0, 0.1) is 20.8 Å². The summed E-state index contributed by atoms with van der Waals surface area (Å²) in [5.41, 5.74) is 3.60. The fourth-order valence-corrected chi connectivity index (χ4v) is 5.92. The van der Waals surface area contributed by atoms with Gasteiger partial charge in [0.25, 0.3) is 10.0 Å². The van der Waals surface area contributed by atoms with E-state index < -0.39 is 15.3 Å². The molecule has 0 saturated heterocycles. The summed E-state index contributed by atoms with van der Waals surface area (Å²) in [5.74, 6) is 1.35. The van der Waals surface area contributed by atoms with E-state index in [1.54, 1.807) is 24.5 Å². The normalized spacial score (nSPS) is 12.5. The molecule has 0 amide bonds. The third kappa shape index (κ3) is 4.28. The van der Waals surface area contributed by atoms with Crippen molar-refractivity contribution in [2.45, 2.75) is 30.9 Å². The van der Waals surface area contributed by atoms with Gasteiger partial charge in [0, 0.05) is 18.6 Å². The lowest BCUT2D eigenvalue weighted by atomic mass is 10.1. The van der Waals surface area contributed by atoms with Crippen molar-refractivity contribution in [3.05, 3.63) is 101 Å². The maximum Gasteiger partial charge on any atom is 0.262 e. The molecule has 0 aliphatic heterocycles. The number of nitrogens with one attached hydrogen (secondary N) is 1. The summed E-state index contributed by atoms with van der Waals surface area (Å²) in [7, 11) is -3.80. The first-order valence-corrected chi connectivity index (χ1v) is 12.1. The molecule has 32 heavy (non-hydrogen) atoms. The van der Waals surface area contributed by atoms with E-state index in [2.05, 4.69) is 14.7 Å². The zero-order chi connectivity index (χ0) is 22.9. The quantitative estimate of drug-likeness (QED) is 0.393. The standard InChI is InChI=1S/C24H24N4O2S2/c1-16-14-17(2)23(18(3)15-16)32(29,30)27-20-9-5-4-8-19(20)22(31)24-26-12-13-28(24)21-10-6-7-11-25-21/h4-15,22,27,31H,1-3H3. The summed E-state index contributed by atoms with van der Waals surface area (Å²) in [6, 6.07) is 16.6. The predicted molar refractivity (Wildman–Crippen MR) is 130 cm³/mol. The Morgan fingerprint density at radius 2 is 1.62 bits per heavy atom. The smallest absolute Gasteiger partial charge is 0.262 e.